The number of benzene rings is 1. The summed E-state index contributed by atoms with van der Waals surface area (Å²) < 4.78 is 58.0. The number of hydrogen-bond donors (Lipinski definition) is 2. The molecule has 1 amide bonds. The molecule has 1 unspecified atom stereocenters. The first kappa shape index (κ1) is 23.7. The highest BCUT2D eigenvalue weighted by Crippen LogP contribution is 2.36. The molecule has 1 aliphatic heterocycles. The van der Waals surface area contributed by atoms with Crippen LogP contribution in [-0.2, 0) is 15.7 Å². The first-order valence-electron chi connectivity index (χ1n) is 9.98. The Morgan fingerprint density at radius 3 is 2.44 bits per heavy atom. The van der Waals surface area contributed by atoms with Gasteiger partial charge in [-0.2, -0.15) is 13.2 Å². The third-order valence-corrected chi connectivity index (χ3v) is 5.02. The summed E-state index contributed by atoms with van der Waals surface area (Å²) in [7, 11) is 0. The van der Waals surface area contributed by atoms with Gasteiger partial charge in [0.25, 0.3) is 5.56 Å². The lowest BCUT2D eigenvalue weighted by Gasteiger charge is -2.31. The molecule has 1 aromatic heterocycles. The van der Waals surface area contributed by atoms with Crippen LogP contribution in [0, 0.1) is 11.2 Å². The number of nitrogens with one attached hydrogen (secondary N) is 2. The molecule has 2 aromatic rings. The average Bonchev–Trinajstić information content (AvgIpc) is 2.68. The van der Waals surface area contributed by atoms with E-state index in [-0.39, 0.29) is 11.5 Å². The summed E-state index contributed by atoms with van der Waals surface area (Å²) in [4.78, 5) is 34.3. The second-order valence-electron chi connectivity index (χ2n) is 8.57. The fraction of sp³-hybridized carbons (Fsp3) is 0.476. The number of alkyl halides is 3. The molecule has 0 saturated carbocycles. The van der Waals surface area contributed by atoms with Crippen molar-refractivity contribution in [3.63, 3.8) is 0 Å². The largest absolute Gasteiger partial charge is 0.419 e. The summed E-state index contributed by atoms with van der Waals surface area (Å²) in [6, 6.07) is 3.54. The SMILES string of the molecule is CC(C)(C)C(C(=O)Nc1ccc(F)c(C(F)(F)F)c1)c1nc(N2CCOCC2)cc(=O)[nH]1. The van der Waals surface area contributed by atoms with Gasteiger partial charge in [-0.25, -0.2) is 9.37 Å². The number of nitrogens with zero attached hydrogens (tertiary/aromatic N) is 2. The van der Waals surface area contributed by atoms with Crippen LogP contribution in [0.5, 0.6) is 0 Å². The van der Waals surface area contributed by atoms with Crippen LogP contribution >= 0.6 is 0 Å². The standard InChI is InChI=1S/C21H24F4N4O3/c1-20(2,3)17(18-27-15(11-16(30)28-18)29-6-8-32-9-7-29)19(31)26-12-4-5-14(22)13(10-12)21(23,24)25/h4-5,10-11,17H,6-9H2,1-3H3,(H,26,31)(H,27,28,30). The van der Waals surface area contributed by atoms with E-state index in [0.717, 1.165) is 6.07 Å². The van der Waals surface area contributed by atoms with E-state index in [9.17, 15) is 27.2 Å². The summed E-state index contributed by atoms with van der Waals surface area (Å²) in [6.45, 7) is 7.22. The molecule has 1 aliphatic rings. The Kier molecular flexibility index (Phi) is 6.59. The van der Waals surface area contributed by atoms with E-state index in [1.54, 1.807) is 20.8 Å². The number of ether oxygens (including phenoxy) is 1. The van der Waals surface area contributed by atoms with E-state index >= 15 is 0 Å². The van der Waals surface area contributed by atoms with Crippen LogP contribution in [0.25, 0.3) is 0 Å². The highest BCUT2D eigenvalue weighted by atomic mass is 19.4. The third-order valence-electron chi connectivity index (χ3n) is 5.02. The van der Waals surface area contributed by atoms with Gasteiger partial charge in [-0.1, -0.05) is 20.8 Å². The van der Waals surface area contributed by atoms with Crippen molar-refractivity contribution < 1.29 is 27.1 Å². The molecule has 11 heteroatoms. The van der Waals surface area contributed by atoms with Gasteiger partial charge in [-0.05, 0) is 23.6 Å². The number of hydrogen-bond acceptors (Lipinski definition) is 5. The Balaban J connectivity index is 1.95. The number of carbonyl (C=O) groups excluding carboxylic acids is 1. The van der Waals surface area contributed by atoms with Crippen molar-refractivity contribution in [2.45, 2.75) is 32.9 Å². The van der Waals surface area contributed by atoms with Crippen LogP contribution in [-0.4, -0.2) is 42.2 Å². The molecule has 2 N–H and O–H groups in total. The first-order chi connectivity index (χ1) is 14.9. The van der Waals surface area contributed by atoms with Gasteiger partial charge in [0.2, 0.25) is 5.91 Å². The van der Waals surface area contributed by atoms with Crippen molar-refractivity contribution in [1.82, 2.24) is 9.97 Å². The lowest BCUT2D eigenvalue weighted by molar-refractivity contribution is -0.140. The maximum Gasteiger partial charge on any atom is 0.419 e. The van der Waals surface area contributed by atoms with Gasteiger partial charge in [-0.15, -0.1) is 0 Å². The number of carbonyl (C=O) groups is 1. The van der Waals surface area contributed by atoms with Crippen molar-refractivity contribution in [2.24, 2.45) is 5.41 Å². The number of amides is 1. The highest BCUT2D eigenvalue weighted by Gasteiger charge is 2.37. The Morgan fingerprint density at radius 2 is 1.84 bits per heavy atom. The molecular formula is C21H24F4N4O3. The van der Waals surface area contributed by atoms with Crippen molar-refractivity contribution in [3.05, 3.63) is 51.8 Å². The number of halogens is 4. The van der Waals surface area contributed by atoms with E-state index in [1.165, 1.54) is 6.07 Å². The molecule has 174 valence electrons. The maximum absolute atomic E-state index is 13.6. The minimum absolute atomic E-state index is 0.0853. The zero-order valence-corrected chi connectivity index (χ0v) is 17.8. The maximum atomic E-state index is 13.6. The molecule has 0 spiro atoms. The van der Waals surface area contributed by atoms with Crippen molar-refractivity contribution >= 4 is 17.4 Å². The Hall–Kier alpha value is -2.95. The van der Waals surface area contributed by atoms with Crippen LogP contribution in [0.3, 0.4) is 0 Å². The summed E-state index contributed by atoms with van der Waals surface area (Å²) in [5.74, 6) is -2.65. The van der Waals surface area contributed by atoms with Gasteiger partial charge in [-0.3, -0.25) is 9.59 Å². The second kappa shape index (κ2) is 8.89. The van der Waals surface area contributed by atoms with Gasteiger partial charge in [0.1, 0.15) is 23.4 Å². The van der Waals surface area contributed by atoms with Gasteiger partial charge in [0.15, 0.2) is 0 Å². The van der Waals surface area contributed by atoms with Gasteiger partial charge in [0, 0.05) is 24.8 Å². The molecule has 1 fully saturated rings. The van der Waals surface area contributed by atoms with Crippen LogP contribution in [0.15, 0.2) is 29.1 Å². The monoisotopic (exact) mass is 456 g/mol. The Morgan fingerprint density at radius 1 is 1.19 bits per heavy atom. The fourth-order valence-corrected chi connectivity index (χ4v) is 3.52. The fourth-order valence-electron chi connectivity index (χ4n) is 3.52. The van der Waals surface area contributed by atoms with Crippen molar-refractivity contribution in [2.75, 3.05) is 36.5 Å². The number of anilines is 2. The normalized spacial score (nSPS) is 16.0. The minimum Gasteiger partial charge on any atom is -0.378 e. The third kappa shape index (κ3) is 5.45. The van der Waals surface area contributed by atoms with Crippen LogP contribution in [0.4, 0.5) is 29.1 Å². The molecule has 0 bridgehead atoms. The van der Waals surface area contributed by atoms with Crippen molar-refractivity contribution in [3.8, 4) is 0 Å². The molecule has 7 nitrogen and oxygen atoms in total. The van der Waals surface area contributed by atoms with Crippen molar-refractivity contribution in [1.29, 1.82) is 0 Å². The molecule has 2 heterocycles. The molecule has 32 heavy (non-hydrogen) atoms. The minimum atomic E-state index is -4.91. The average molecular weight is 456 g/mol. The Bertz CT molecular complexity index is 1040. The molecule has 0 aliphatic carbocycles. The molecule has 3 rings (SSSR count). The van der Waals surface area contributed by atoms with E-state index in [0.29, 0.717) is 44.3 Å². The van der Waals surface area contributed by atoms with Crippen LogP contribution < -0.4 is 15.8 Å². The predicted molar refractivity (Wildman–Crippen MR) is 110 cm³/mol. The summed E-state index contributed by atoms with van der Waals surface area (Å²) in [6.07, 6.45) is -4.91. The van der Waals surface area contributed by atoms with E-state index in [2.05, 4.69) is 15.3 Å². The first-order valence-corrected chi connectivity index (χ1v) is 9.98. The topological polar surface area (TPSA) is 87.3 Å². The molecule has 1 aromatic carbocycles. The molecule has 1 atom stereocenters. The number of aromatic amines is 1. The predicted octanol–water partition coefficient (Wildman–Crippen LogP) is 3.53. The van der Waals surface area contributed by atoms with Crippen LogP contribution in [0.1, 0.15) is 38.1 Å². The lowest BCUT2D eigenvalue weighted by atomic mass is 9.79. The van der Waals surface area contributed by atoms with Gasteiger partial charge >= 0.3 is 6.18 Å². The number of rotatable bonds is 4. The summed E-state index contributed by atoms with van der Waals surface area (Å²) in [5, 5.41) is 2.40. The molecule has 0 radical (unpaired) electrons. The van der Waals surface area contributed by atoms with E-state index in [4.69, 9.17) is 4.74 Å². The van der Waals surface area contributed by atoms with E-state index in [1.807, 2.05) is 4.90 Å². The number of aromatic nitrogens is 2. The van der Waals surface area contributed by atoms with Gasteiger partial charge < -0.3 is 19.9 Å². The Labute approximate surface area is 181 Å². The van der Waals surface area contributed by atoms with Gasteiger partial charge in [0.05, 0.1) is 18.8 Å². The smallest absolute Gasteiger partial charge is 0.378 e. The lowest BCUT2D eigenvalue weighted by Crippen LogP contribution is -2.39. The quantitative estimate of drug-likeness (QED) is 0.688. The second-order valence-corrected chi connectivity index (χ2v) is 8.57. The van der Waals surface area contributed by atoms with Crippen LogP contribution in [0.2, 0.25) is 0 Å². The van der Waals surface area contributed by atoms with E-state index < -0.39 is 40.4 Å². The summed E-state index contributed by atoms with van der Waals surface area (Å²) in [5.41, 5.74) is -2.91. The number of H-pyrrole nitrogens is 1. The molecule has 1 saturated heterocycles. The molecular weight excluding hydrogens is 432 g/mol. The summed E-state index contributed by atoms with van der Waals surface area (Å²) >= 11 is 0. The zero-order valence-electron chi connectivity index (χ0n) is 17.8. The zero-order chi connectivity index (χ0) is 23.7. The highest BCUT2D eigenvalue weighted by molar-refractivity contribution is 5.96. The number of morpholine rings is 1.